The normalized spacial score (nSPS) is 12.1. The molecule has 0 aliphatic heterocycles. The van der Waals surface area contributed by atoms with Crippen LogP contribution in [-0.2, 0) is 16.0 Å². The Balaban J connectivity index is 1.15. The van der Waals surface area contributed by atoms with Crippen molar-refractivity contribution in [3.8, 4) is 5.75 Å². The van der Waals surface area contributed by atoms with Crippen LogP contribution in [0.1, 0.15) is 153 Å². The molecule has 1 aromatic heterocycles. The van der Waals surface area contributed by atoms with Crippen LogP contribution in [0.2, 0.25) is 5.15 Å². The third kappa shape index (κ3) is 25.1. The van der Waals surface area contributed by atoms with Gasteiger partial charge in [-0.2, -0.15) is 0 Å². The maximum absolute atomic E-state index is 13.0. The highest BCUT2D eigenvalue weighted by Gasteiger charge is 2.18. The zero-order valence-corrected chi connectivity index (χ0v) is 45.8. The predicted molar refractivity (Wildman–Crippen MR) is 307 cm³/mol. The maximum atomic E-state index is 13.0. The molecule has 0 unspecified atom stereocenters. The third-order valence-corrected chi connectivity index (χ3v) is 13.4. The van der Waals surface area contributed by atoms with Crippen LogP contribution in [0.3, 0.4) is 0 Å². The summed E-state index contributed by atoms with van der Waals surface area (Å²) in [5, 5.41) is 25.0. The maximum Gasteiger partial charge on any atom is 0.280 e. The number of halogens is 1. The average Bonchev–Trinajstić information content (AvgIpc) is 3.42. The van der Waals surface area contributed by atoms with E-state index in [4.69, 9.17) is 44.4 Å². The molecular weight excluding hydrogens is 996 g/mol. The largest absolute Gasteiger partial charge is 0.492 e. The van der Waals surface area contributed by atoms with E-state index in [0.29, 0.717) is 68.2 Å². The van der Waals surface area contributed by atoms with Crippen LogP contribution < -0.4 is 37.9 Å². The molecule has 416 valence electrons. The lowest BCUT2D eigenvalue weighted by Crippen LogP contribution is -2.38. The van der Waals surface area contributed by atoms with Gasteiger partial charge in [0.25, 0.3) is 5.91 Å². The lowest BCUT2D eigenvalue weighted by atomic mass is 9.99. The number of aromatic nitrogens is 2. The number of anilines is 2. The summed E-state index contributed by atoms with van der Waals surface area (Å²) in [5.41, 5.74) is 20.3. The highest BCUT2D eigenvalue weighted by molar-refractivity contribution is 6.31. The summed E-state index contributed by atoms with van der Waals surface area (Å²) in [6, 6.07) is 26.1. The number of rotatable bonds is 38. The number of nitrogens with zero attached hydrogens (tertiary/aromatic N) is 4. The average molecular weight is 1080 g/mol. The topological polar surface area (TPSA) is 298 Å². The molecule has 18 nitrogen and oxygen atoms in total. The highest BCUT2D eigenvalue weighted by Crippen LogP contribution is 2.19. The van der Waals surface area contributed by atoms with E-state index in [-0.39, 0.29) is 76.5 Å². The van der Waals surface area contributed by atoms with Gasteiger partial charge in [-0.1, -0.05) is 124 Å². The molecule has 0 spiro atoms. The molecule has 0 aliphatic rings. The van der Waals surface area contributed by atoms with Crippen LogP contribution in [0.15, 0.2) is 89.9 Å². The van der Waals surface area contributed by atoms with Gasteiger partial charge in [-0.3, -0.25) is 39.2 Å². The number of carbonyl (C=O) groups is 5. The van der Waals surface area contributed by atoms with Crippen LogP contribution in [-0.4, -0.2) is 107 Å². The van der Waals surface area contributed by atoms with Crippen LogP contribution in [0.4, 0.5) is 11.6 Å². The summed E-state index contributed by atoms with van der Waals surface area (Å²) in [6.45, 7) is 7.96. The third-order valence-electron chi connectivity index (χ3n) is 13.1. The van der Waals surface area contributed by atoms with E-state index in [9.17, 15) is 24.0 Å². The number of hydrogen-bond acceptors (Lipinski definition) is 14. The Kier molecular flexibility index (Phi) is 28.7. The fourth-order valence-corrected chi connectivity index (χ4v) is 8.56. The molecule has 19 heteroatoms. The van der Waals surface area contributed by atoms with E-state index in [1.54, 1.807) is 24.3 Å². The van der Waals surface area contributed by atoms with Gasteiger partial charge in [0.1, 0.15) is 12.4 Å². The Hall–Kier alpha value is -7.05. The lowest BCUT2D eigenvalue weighted by molar-refractivity contribution is -0.125. The molecule has 2 atom stereocenters. The molecule has 1 heterocycles. The number of unbranched alkanes of at least 4 members (excludes halogenated alkanes) is 5. The predicted octanol–water partition coefficient (Wildman–Crippen LogP) is 8.81. The van der Waals surface area contributed by atoms with Crippen molar-refractivity contribution < 1.29 is 28.7 Å². The number of nitrogen functional groups attached to an aromatic ring is 2. The van der Waals surface area contributed by atoms with Gasteiger partial charge in [0.2, 0.25) is 11.8 Å². The number of ketones is 2. The first-order valence-electron chi connectivity index (χ1n) is 27.1. The number of carbonyl (C=O) groups excluding carboxylic acids is 5. The Morgan fingerprint density at radius 3 is 1.69 bits per heavy atom. The molecule has 0 saturated carbocycles. The van der Waals surface area contributed by atoms with Gasteiger partial charge in [-0.05, 0) is 101 Å². The number of amides is 3. The van der Waals surface area contributed by atoms with Crippen LogP contribution in [0.5, 0.6) is 5.75 Å². The second kappa shape index (κ2) is 35.3. The SMILES string of the molecule is C[C@@H](CCCCCC(=N)CC(=O)c1ccccc1)C(=O)NCCCN(CCCNC(=O)[C@@H](C)CCCCCC(=N)CC(=O)c1ccccc1)CCOc1ccc(CCCCN=C(N)NC(=O)c2nc(Cl)c(N)nc2N)cc1. The number of ether oxygens (including phenoxy) is 1. The van der Waals surface area contributed by atoms with Gasteiger partial charge < -0.3 is 43.4 Å². The Morgan fingerprint density at radius 1 is 0.649 bits per heavy atom. The van der Waals surface area contributed by atoms with Crippen molar-refractivity contribution in [3.05, 3.63) is 112 Å². The number of guanidine groups is 1. The molecule has 3 amide bonds. The smallest absolute Gasteiger partial charge is 0.280 e. The molecule has 0 aliphatic carbocycles. The van der Waals surface area contributed by atoms with Crippen molar-refractivity contribution in [2.45, 2.75) is 123 Å². The number of benzene rings is 3. The molecule has 3 aromatic carbocycles. The molecule has 0 radical (unpaired) electrons. The number of nitrogens with one attached hydrogen (secondary N) is 5. The molecule has 0 fully saturated rings. The van der Waals surface area contributed by atoms with Gasteiger partial charge in [0, 0.05) is 73.4 Å². The molecule has 4 rings (SSSR count). The zero-order chi connectivity index (χ0) is 55.8. The first-order valence-corrected chi connectivity index (χ1v) is 27.5. The number of hydrogen-bond donors (Lipinski definition) is 8. The Labute approximate surface area is 459 Å². The monoisotopic (exact) mass is 1080 g/mol. The summed E-state index contributed by atoms with van der Waals surface area (Å²) in [4.78, 5) is 77.5. The summed E-state index contributed by atoms with van der Waals surface area (Å²) in [5.74, 6) is -0.541. The number of aliphatic imine (C=N–C) groups is 1. The summed E-state index contributed by atoms with van der Waals surface area (Å²) in [7, 11) is 0. The van der Waals surface area contributed by atoms with Gasteiger partial charge >= 0.3 is 0 Å². The lowest BCUT2D eigenvalue weighted by Gasteiger charge is -2.23. The van der Waals surface area contributed by atoms with Crippen LogP contribution >= 0.6 is 11.6 Å². The number of Topliss-reactive ketones (excluding diaryl/α,β-unsaturated/α-hetero) is 2. The molecule has 0 bridgehead atoms. The molecule has 77 heavy (non-hydrogen) atoms. The van der Waals surface area contributed by atoms with Crippen molar-refractivity contribution in [1.29, 1.82) is 10.8 Å². The van der Waals surface area contributed by atoms with Gasteiger partial charge in [-0.15, -0.1) is 0 Å². The molecule has 4 aromatic rings. The Morgan fingerprint density at radius 2 is 1.17 bits per heavy atom. The number of nitrogens with two attached hydrogens (primary N) is 3. The zero-order valence-electron chi connectivity index (χ0n) is 45.1. The Bertz CT molecular complexity index is 2430. The van der Waals surface area contributed by atoms with Crippen molar-refractivity contribution in [2.75, 3.05) is 57.3 Å². The van der Waals surface area contributed by atoms with E-state index in [1.165, 1.54) is 0 Å². The fourth-order valence-electron chi connectivity index (χ4n) is 8.43. The van der Waals surface area contributed by atoms with Crippen LogP contribution in [0, 0.1) is 22.7 Å². The minimum absolute atomic E-state index is 0.0273. The van der Waals surface area contributed by atoms with Crippen molar-refractivity contribution in [3.63, 3.8) is 0 Å². The second-order valence-electron chi connectivity index (χ2n) is 19.6. The number of aryl methyl sites for hydroxylation is 1. The van der Waals surface area contributed by atoms with Crippen molar-refractivity contribution in [1.82, 2.24) is 30.8 Å². The van der Waals surface area contributed by atoms with E-state index >= 15 is 0 Å². The van der Waals surface area contributed by atoms with Crippen LogP contribution in [0.25, 0.3) is 0 Å². The van der Waals surface area contributed by atoms with Gasteiger partial charge in [0.05, 0.1) is 0 Å². The minimum Gasteiger partial charge on any atom is -0.492 e. The van der Waals surface area contributed by atoms with E-state index in [2.05, 4.69) is 35.8 Å². The van der Waals surface area contributed by atoms with Gasteiger partial charge in [0.15, 0.2) is 40.0 Å². The fraction of sp³-hybridized carbons (Fsp3) is 0.483. The molecule has 0 saturated heterocycles. The van der Waals surface area contributed by atoms with E-state index < -0.39 is 5.91 Å². The standard InChI is InChI=1S/C58H81ClN12O6/c1-41(19-7-3-13-26-46(60)39-49(72)44-22-9-5-10-23-44)55(74)65-33-17-35-71(36-18-34-66-56(75)42(2)20-8-4-14-27-47(61)40-50(73)45-24-11-6-12-25-45)37-38-77-48-30-28-43(29-31-48)21-15-16-32-67-58(64)70-57(76)51-53(62)69-54(63)52(59)68-51/h5-6,9-12,22-25,28-31,41-42,60-61H,3-4,7-8,13-21,26-27,32-40H2,1-2H3,(H,65,74)(H,66,75)(H4,62,63,69)(H3,64,67,70,76)/t41-,42-/m0/s1. The minimum atomic E-state index is -0.692. The quantitative estimate of drug-likeness (QED) is 0.00904. The first kappa shape index (κ1) is 62.5. The second-order valence-corrected chi connectivity index (χ2v) is 19.9. The summed E-state index contributed by atoms with van der Waals surface area (Å²) >= 11 is 5.87. The first-order chi connectivity index (χ1) is 37.1. The van der Waals surface area contributed by atoms with Gasteiger partial charge in [-0.25, -0.2) is 9.97 Å². The summed E-state index contributed by atoms with van der Waals surface area (Å²) < 4.78 is 6.17. The van der Waals surface area contributed by atoms with Crippen molar-refractivity contribution in [2.24, 2.45) is 22.6 Å². The molecular formula is C58H81ClN12O6. The molecule has 11 N–H and O–H groups in total. The van der Waals surface area contributed by atoms with E-state index in [0.717, 1.165) is 108 Å². The van der Waals surface area contributed by atoms with Crippen molar-refractivity contribution >= 4 is 69.9 Å². The highest BCUT2D eigenvalue weighted by atomic mass is 35.5. The summed E-state index contributed by atoms with van der Waals surface area (Å²) in [6.07, 6.45) is 12.0. The van der Waals surface area contributed by atoms with E-state index in [1.807, 2.05) is 74.5 Å².